The fourth-order valence-corrected chi connectivity index (χ4v) is 2.68. The van der Waals surface area contributed by atoms with Gasteiger partial charge < -0.3 is 10.4 Å². The summed E-state index contributed by atoms with van der Waals surface area (Å²) in [6.45, 7) is 5.32. The fraction of sp³-hybridized carbons (Fsp3) is 0.263. The third kappa shape index (κ3) is 5.27. The first-order chi connectivity index (χ1) is 12.6. The fourth-order valence-electron chi connectivity index (χ4n) is 2.68. The summed E-state index contributed by atoms with van der Waals surface area (Å²) >= 11 is 0. The lowest BCUT2D eigenvalue weighted by Crippen LogP contribution is -2.45. The van der Waals surface area contributed by atoms with Gasteiger partial charge >= 0.3 is 6.09 Å². The van der Waals surface area contributed by atoms with Crippen LogP contribution < -0.4 is 10.2 Å². The molecule has 0 saturated carbocycles. The van der Waals surface area contributed by atoms with Gasteiger partial charge in [0.05, 0.1) is 11.3 Å². The van der Waals surface area contributed by atoms with Gasteiger partial charge in [-0.3, -0.25) is 19.8 Å². The zero-order chi connectivity index (χ0) is 20.2. The lowest BCUT2D eigenvalue weighted by molar-refractivity contribution is -0.384. The molecule has 0 atom stereocenters. The largest absolute Gasteiger partial charge is 0.465 e. The molecule has 2 rings (SSSR count). The minimum Gasteiger partial charge on any atom is -0.465 e. The van der Waals surface area contributed by atoms with Crippen LogP contribution in [0.3, 0.4) is 0 Å². The highest BCUT2D eigenvalue weighted by Gasteiger charge is 2.27. The number of carbonyl (C=O) groups is 2. The number of anilines is 2. The summed E-state index contributed by atoms with van der Waals surface area (Å²) in [6.07, 6.45) is -1.13. The minimum absolute atomic E-state index is 0.0339. The van der Waals surface area contributed by atoms with Gasteiger partial charge in [-0.25, -0.2) is 4.79 Å². The number of carboxylic acid groups (broad SMARTS) is 1. The Morgan fingerprint density at radius 3 is 2.41 bits per heavy atom. The average molecular weight is 371 g/mol. The predicted octanol–water partition coefficient (Wildman–Crippen LogP) is 4.06. The molecule has 0 aromatic heterocycles. The summed E-state index contributed by atoms with van der Waals surface area (Å²) in [4.78, 5) is 35.4. The Morgan fingerprint density at radius 1 is 1.15 bits per heavy atom. The van der Waals surface area contributed by atoms with Crippen LogP contribution in [0.2, 0.25) is 0 Å². The van der Waals surface area contributed by atoms with E-state index in [-0.39, 0.29) is 18.0 Å². The molecule has 0 spiro atoms. The van der Waals surface area contributed by atoms with E-state index in [1.165, 1.54) is 23.1 Å². The normalized spacial score (nSPS) is 10.9. The van der Waals surface area contributed by atoms with Gasteiger partial charge in [-0.15, -0.1) is 0 Å². The Bertz CT molecular complexity index is 874. The monoisotopic (exact) mass is 371 g/mol. The van der Waals surface area contributed by atoms with E-state index in [0.29, 0.717) is 16.9 Å². The van der Waals surface area contributed by atoms with E-state index in [9.17, 15) is 24.8 Å². The molecule has 0 aliphatic heterocycles. The number of amides is 2. The number of benzene rings is 2. The van der Waals surface area contributed by atoms with Crippen LogP contribution in [-0.4, -0.2) is 27.6 Å². The molecular weight excluding hydrogens is 350 g/mol. The third-order valence-electron chi connectivity index (χ3n) is 3.74. The maximum Gasteiger partial charge on any atom is 0.412 e. The first kappa shape index (κ1) is 19.9. The van der Waals surface area contributed by atoms with Gasteiger partial charge in [-0.05, 0) is 44.5 Å². The van der Waals surface area contributed by atoms with Crippen LogP contribution in [0.4, 0.5) is 21.9 Å². The number of nitrogens with zero attached hydrogens (tertiary/aromatic N) is 2. The van der Waals surface area contributed by atoms with E-state index in [0.717, 1.165) is 0 Å². The molecule has 2 aromatic rings. The van der Waals surface area contributed by atoms with E-state index < -0.39 is 16.6 Å². The molecule has 2 N–H and O–H groups in total. The van der Waals surface area contributed by atoms with Crippen LogP contribution in [-0.2, 0) is 11.2 Å². The molecule has 0 radical (unpaired) electrons. The molecular formula is C19H21N3O5. The van der Waals surface area contributed by atoms with Crippen molar-refractivity contribution < 1.29 is 19.6 Å². The minimum atomic E-state index is -1.09. The summed E-state index contributed by atoms with van der Waals surface area (Å²) in [5, 5.41) is 23.0. The molecule has 0 aliphatic rings. The highest BCUT2D eigenvalue weighted by Crippen LogP contribution is 2.26. The van der Waals surface area contributed by atoms with Gasteiger partial charge in [-0.1, -0.05) is 18.2 Å². The summed E-state index contributed by atoms with van der Waals surface area (Å²) in [5.41, 5.74) is 0.656. The third-order valence-corrected chi connectivity index (χ3v) is 3.74. The summed E-state index contributed by atoms with van der Waals surface area (Å²) in [6, 6.07) is 12.4. The van der Waals surface area contributed by atoms with Crippen LogP contribution >= 0.6 is 0 Å². The maximum absolute atomic E-state index is 12.3. The van der Waals surface area contributed by atoms with Crippen LogP contribution in [0.5, 0.6) is 0 Å². The van der Waals surface area contributed by atoms with E-state index >= 15 is 0 Å². The molecule has 2 aromatic carbocycles. The van der Waals surface area contributed by atoms with Gasteiger partial charge in [0.1, 0.15) is 0 Å². The number of nitro groups is 1. The van der Waals surface area contributed by atoms with Gasteiger partial charge in [-0.2, -0.15) is 0 Å². The van der Waals surface area contributed by atoms with Crippen LogP contribution in [0, 0.1) is 10.1 Å². The quantitative estimate of drug-likeness (QED) is 0.608. The molecule has 8 heteroatoms. The molecule has 0 bridgehead atoms. The Balaban J connectivity index is 2.16. The zero-order valence-corrected chi connectivity index (χ0v) is 15.3. The number of nitrogens with one attached hydrogen (secondary N) is 1. The first-order valence-electron chi connectivity index (χ1n) is 8.24. The Kier molecular flexibility index (Phi) is 5.79. The van der Waals surface area contributed by atoms with Crippen molar-refractivity contribution in [1.29, 1.82) is 0 Å². The second kappa shape index (κ2) is 7.86. The topological polar surface area (TPSA) is 113 Å². The van der Waals surface area contributed by atoms with E-state index in [4.69, 9.17) is 0 Å². The highest BCUT2D eigenvalue weighted by molar-refractivity contribution is 5.94. The molecule has 2 amide bonds. The second-order valence-corrected chi connectivity index (χ2v) is 6.99. The number of hydrogen-bond donors (Lipinski definition) is 2. The van der Waals surface area contributed by atoms with Crippen molar-refractivity contribution in [3.8, 4) is 0 Å². The predicted molar refractivity (Wildman–Crippen MR) is 102 cm³/mol. The molecule has 0 heterocycles. The number of non-ortho nitro benzene ring substituents is 1. The molecule has 142 valence electrons. The average Bonchev–Trinajstić information content (AvgIpc) is 2.53. The van der Waals surface area contributed by atoms with Crippen molar-refractivity contribution in [1.82, 2.24) is 0 Å². The van der Waals surface area contributed by atoms with Gasteiger partial charge in [0.2, 0.25) is 5.91 Å². The molecule has 8 nitrogen and oxygen atoms in total. The second-order valence-electron chi connectivity index (χ2n) is 6.99. The lowest BCUT2D eigenvalue weighted by atomic mass is 10.1. The SMILES string of the molecule is CC(C)(C)N(C(=O)O)c1cccc(NC(=O)Cc2cccc([N+](=O)[O-])c2)c1. The Labute approximate surface area is 156 Å². The lowest BCUT2D eigenvalue weighted by Gasteiger charge is -2.33. The van der Waals surface area contributed by atoms with E-state index in [1.807, 2.05) is 0 Å². The Hall–Kier alpha value is -3.42. The highest BCUT2D eigenvalue weighted by atomic mass is 16.6. The number of rotatable bonds is 5. The first-order valence-corrected chi connectivity index (χ1v) is 8.24. The van der Waals surface area contributed by atoms with E-state index in [2.05, 4.69) is 5.32 Å². The van der Waals surface area contributed by atoms with Crippen LogP contribution in [0.1, 0.15) is 26.3 Å². The van der Waals surface area contributed by atoms with Crippen molar-refractivity contribution in [2.24, 2.45) is 0 Å². The molecule has 0 saturated heterocycles. The molecule has 27 heavy (non-hydrogen) atoms. The Morgan fingerprint density at radius 2 is 1.81 bits per heavy atom. The van der Waals surface area contributed by atoms with Crippen molar-refractivity contribution in [3.63, 3.8) is 0 Å². The smallest absolute Gasteiger partial charge is 0.412 e. The van der Waals surface area contributed by atoms with Crippen LogP contribution in [0.25, 0.3) is 0 Å². The number of nitro benzene ring substituents is 1. The number of hydrogen-bond acceptors (Lipinski definition) is 4. The van der Waals surface area contributed by atoms with Gasteiger partial charge in [0, 0.05) is 29.0 Å². The molecule has 0 unspecified atom stereocenters. The zero-order valence-electron chi connectivity index (χ0n) is 15.3. The van der Waals surface area contributed by atoms with Gasteiger partial charge in [0.25, 0.3) is 5.69 Å². The standard InChI is InChI=1S/C19H21N3O5/c1-19(2,3)21(18(24)25)15-8-5-7-14(12-15)20-17(23)11-13-6-4-9-16(10-13)22(26)27/h4-10,12H,11H2,1-3H3,(H,20,23)(H,24,25). The van der Waals surface area contributed by atoms with Crippen LogP contribution in [0.15, 0.2) is 48.5 Å². The number of carbonyl (C=O) groups excluding carboxylic acids is 1. The summed E-state index contributed by atoms with van der Waals surface area (Å²) in [7, 11) is 0. The molecule has 0 fully saturated rings. The van der Waals surface area contributed by atoms with E-state index in [1.54, 1.807) is 51.1 Å². The van der Waals surface area contributed by atoms with Crippen molar-refractivity contribution in [2.75, 3.05) is 10.2 Å². The van der Waals surface area contributed by atoms with Gasteiger partial charge in [0.15, 0.2) is 0 Å². The summed E-state index contributed by atoms with van der Waals surface area (Å²) < 4.78 is 0. The van der Waals surface area contributed by atoms with Crippen molar-refractivity contribution >= 4 is 29.1 Å². The van der Waals surface area contributed by atoms with Crippen molar-refractivity contribution in [2.45, 2.75) is 32.7 Å². The molecule has 0 aliphatic carbocycles. The van der Waals surface area contributed by atoms with Crippen molar-refractivity contribution in [3.05, 3.63) is 64.2 Å². The summed E-state index contributed by atoms with van der Waals surface area (Å²) in [5.74, 6) is -0.356. The maximum atomic E-state index is 12.3.